The third-order valence-electron chi connectivity index (χ3n) is 15.0. The Morgan fingerprint density at radius 1 is 0.314 bits per heavy atom. The molecule has 0 N–H and O–H groups in total. The van der Waals surface area contributed by atoms with Gasteiger partial charge in [-0.1, -0.05) is 172 Å². The second kappa shape index (κ2) is 15.8. The van der Waals surface area contributed by atoms with Crippen molar-refractivity contribution in [3.05, 3.63) is 254 Å². The predicted molar refractivity (Wildman–Crippen MR) is 302 cm³/mol. The Balaban J connectivity index is 0.886. The molecule has 0 bridgehead atoms. The summed E-state index contributed by atoms with van der Waals surface area (Å²) >= 11 is 1.87. The topological polar surface area (TPSA) is 6.48 Å². The van der Waals surface area contributed by atoms with Crippen LogP contribution in [0.5, 0.6) is 0 Å². The van der Waals surface area contributed by atoms with E-state index >= 15 is 0 Å². The molecule has 0 fully saturated rings. The molecule has 0 atom stereocenters. The van der Waals surface area contributed by atoms with Gasteiger partial charge in [-0.25, -0.2) is 0 Å². The molecule has 0 spiro atoms. The van der Waals surface area contributed by atoms with Crippen LogP contribution in [0, 0.1) is 0 Å². The molecular formula is C67H46N2S. The predicted octanol–water partition coefficient (Wildman–Crippen LogP) is 19.6. The molecule has 330 valence electrons. The normalized spacial score (nSPS) is 12.8. The molecular weight excluding hydrogens is 865 g/mol. The summed E-state index contributed by atoms with van der Waals surface area (Å²) in [6, 6.07) is 90.1. The molecule has 1 aliphatic rings. The van der Waals surface area contributed by atoms with Crippen LogP contribution in [0.4, 0.5) is 34.1 Å². The lowest BCUT2D eigenvalue weighted by Crippen LogP contribution is -2.17. The van der Waals surface area contributed by atoms with Crippen LogP contribution in [0.2, 0.25) is 0 Å². The van der Waals surface area contributed by atoms with Crippen molar-refractivity contribution >= 4 is 109 Å². The molecule has 0 unspecified atom stereocenters. The Bertz CT molecular complexity index is 4160. The highest BCUT2D eigenvalue weighted by Crippen LogP contribution is 2.56. The standard InChI is InChI=1S/C67H46N2S/c1-67(2)61-40-50(46-23-29-51(30-24-46)68(52-31-25-43-13-3-6-16-47(43)37-52)53-32-26-44-14-4-7-17-48(44)38-53)28-35-59(61)66-58-21-10-9-19-56(58)63(42-62(66)67)69(54-33-27-45-15-5-8-18-49(45)39-54)55-34-36-65-60(41-55)57-20-11-12-22-64(57)70-65/h3-42H,1-2H3. The van der Waals surface area contributed by atoms with Gasteiger partial charge in [0.2, 0.25) is 0 Å². The van der Waals surface area contributed by atoms with Crippen molar-refractivity contribution in [1.82, 2.24) is 0 Å². The summed E-state index contributed by atoms with van der Waals surface area (Å²) in [5.41, 5.74) is 14.3. The summed E-state index contributed by atoms with van der Waals surface area (Å²) in [5, 5.41) is 12.5. The van der Waals surface area contributed by atoms with Gasteiger partial charge in [0.1, 0.15) is 0 Å². The SMILES string of the molecule is CC1(C)c2cc(-c3ccc(N(c4ccc5ccccc5c4)c4ccc5ccccc5c4)cc3)ccc2-c2c1cc(N(c1ccc3ccccc3c1)c1ccc3sc4ccccc4c3c1)c1ccccc21. The average molecular weight is 911 g/mol. The molecule has 0 saturated heterocycles. The quantitative estimate of drug-likeness (QED) is 0.157. The van der Waals surface area contributed by atoms with E-state index in [2.05, 4.69) is 266 Å². The number of rotatable bonds is 7. The van der Waals surface area contributed by atoms with Crippen LogP contribution in [0.3, 0.4) is 0 Å². The van der Waals surface area contributed by atoms with E-state index in [0.717, 1.165) is 28.4 Å². The van der Waals surface area contributed by atoms with Crippen molar-refractivity contribution < 1.29 is 0 Å². The Labute approximate surface area is 411 Å². The Morgan fingerprint density at radius 2 is 0.786 bits per heavy atom. The molecule has 70 heavy (non-hydrogen) atoms. The molecule has 13 aromatic rings. The zero-order chi connectivity index (χ0) is 46.5. The molecule has 0 saturated carbocycles. The van der Waals surface area contributed by atoms with Gasteiger partial charge in [-0.05, 0) is 156 Å². The molecule has 3 heteroatoms. The average Bonchev–Trinajstić information content (AvgIpc) is 3.89. The third-order valence-corrected chi connectivity index (χ3v) is 16.1. The fourth-order valence-corrected chi connectivity index (χ4v) is 12.5. The number of fused-ring (bicyclic) bond motifs is 11. The Hall–Kier alpha value is -8.50. The van der Waals surface area contributed by atoms with E-state index in [1.807, 2.05) is 11.3 Å². The van der Waals surface area contributed by atoms with E-state index < -0.39 is 0 Å². The number of anilines is 6. The molecule has 1 aliphatic carbocycles. The van der Waals surface area contributed by atoms with Gasteiger partial charge in [0.25, 0.3) is 0 Å². The Morgan fingerprint density at radius 3 is 1.41 bits per heavy atom. The first-order valence-electron chi connectivity index (χ1n) is 24.2. The monoisotopic (exact) mass is 910 g/mol. The van der Waals surface area contributed by atoms with Gasteiger partial charge in [-0.15, -0.1) is 11.3 Å². The van der Waals surface area contributed by atoms with Gasteiger partial charge in [0.15, 0.2) is 0 Å². The maximum absolute atomic E-state index is 2.51. The number of nitrogens with zero attached hydrogens (tertiary/aromatic N) is 2. The number of thiophene rings is 1. The number of benzene rings is 12. The van der Waals surface area contributed by atoms with Crippen LogP contribution in [0.1, 0.15) is 25.0 Å². The highest BCUT2D eigenvalue weighted by Gasteiger charge is 2.38. The van der Waals surface area contributed by atoms with E-state index in [0.29, 0.717) is 0 Å². The first kappa shape index (κ1) is 40.6. The van der Waals surface area contributed by atoms with E-state index in [-0.39, 0.29) is 5.41 Å². The minimum Gasteiger partial charge on any atom is -0.310 e. The highest BCUT2D eigenvalue weighted by atomic mass is 32.1. The maximum atomic E-state index is 2.51. The number of hydrogen-bond acceptors (Lipinski definition) is 3. The minimum atomic E-state index is -0.273. The first-order chi connectivity index (χ1) is 34.4. The zero-order valence-corrected chi connectivity index (χ0v) is 39.7. The molecule has 1 heterocycles. The van der Waals surface area contributed by atoms with Crippen LogP contribution in [0.15, 0.2) is 243 Å². The van der Waals surface area contributed by atoms with Crippen molar-refractivity contribution in [3.63, 3.8) is 0 Å². The summed E-state index contributed by atoms with van der Waals surface area (Å²) in [4.78, 5) is 4.89. The molecule has 0 amide bonds. The first-order valence-corrected chi connectivity index (χ1v) is 25.0. The molecule has 1 aromatic heterocycles. The van der Waals surface area contributed by atoms with Crippen LogP contribution in [0.25, 0.3) is 85.5 Å². The maximum Gasteiger partial charge on any atom is 0.0543 e. The second-order valence-corrected chi connectivity index (χ2v) is 20.4. The van der Waals surface area contributed by atoms with Crippen LogP contribution < -0.4 is 9.80 Å². The summed E-state index contributed by atoms with van der Waals surface area (Å²) in [5.74, 6) is 0. The number of hydrogen-bond donors (Lipinski definition) is 0. The lowest BCUT2D eigenvalue weighted by molar-refractivity contribution is 0.661. The minimum absolute atomic E-state index is 0.273. The van der Waals surface area contributed by atoms with E-state index in [1.165, 1.54) is 102 Å². The smallest absolute Gasteiger partial charge is 0.0543 e. The van der Waals surface area contributed by atoms with Crippen LogP contribution in [-0.4, -0.2) is 0 Å². The van der Waals surface area contributed by atoms with Gasteiger partial charge in [0.05, 0.1) is 5.69 Å². The summed E-state index contributed by atoms with van der Waals surface area (Å²) < 4.78 is 2.62. The van der Waals surface area contributed by atoms with Gasteiger partial charge < -0.3 is 9.80 Å². The van der Waals surface area contributed by atoms with Crippen molar-refractivity contribution in [2.45, 2.75) is 19.3 Å². The Kier molecular flexibility index (Phi) is 9.14. The summed E-state index contributed by atoms with van der Waals surface area (Å²) in [6.07, 6.45) is 0. The van der Waals surface area contributed by atoms with Gasteiger partial charge in [0, 0.05) is 59.4 Å². The van der Waals surface area contributed by atoms with Crippen molar-refractivity contribution in [2.24, 2.45) is 0 Å². The molecule has 14 rings (SSSR count). The van der Waals surface area contributed by atoms with Gasteiger partial charge in [-0.3, -0.25) is 0 Å². The van der Waals surface area contributed by atoms with Crippen molar-refractivity contribution in [3.8, 4) is 22.3 Å². The molecule has 0 radical (unpaired) electrons. The summed E-state index contributed by atoms with van der Waals surface area (Å²) in [6.45, 7) is 4.83. The van der Waals surface area contributed by atoms with Gasteiger partial charge >= 0.3 is 0 Å². The van der Waals surface area contributed by atoms with E-state index in [1.54, 1.807) is 0 Å². The lowest BCUT2D eigenvalue weighted by atomic mass is 9.81. The fourth-order valence-electron chi connectivity index (χ4n) is 11.4. The summed E-state index contributed by atoms with van der Waals surface area (Å²) in [7, 11) is 0. The second-order valence-electron chi connectivity index (χ2n) is 19.3. The van der Waals surface area contributed by atoms with Gasteiger partial charge in [-0.2, -0.15) is 0 Å². The van der Waals surface area contributed by atoms with Crippen LogP contribution in [-0.2, 0) is 5.41 Å². The van der Waals surface area contributed by atoms with E-state index in [4.69, 9.17) is 0 Å². The zero-order valence-electron chi connectivity index (χ0n) is 38.9. The molecule has 2 nitrogen and oxygen atoms in total. The highest BCUT2D eigenvalue weighted by molar-refractivity contribution is 7.25. The third kappa shape index (κ3) is 6.46. The lowest BCUT2D eigenvalue weighted by Gasteiger charge is -2.30. The van der Waals surface area contributed by atoms with Crippen molar-refractivity contribution in [1.29, 1.82) is 0 Å². The van der Waals surface area contributed by atoms with Crippen LogP contribution >= 0.6 is 11.3 Å². The molecule has 0 aliphatic heterocycles. The van der Waals surface area contributed by atoms with Crippen molar-refractivity contribution in [2.75, 3.05) is 9.80 Å². The largest absolute Gasteiger partial charge is 0.310 e. The molecule has 12 aromatic carbocycles. The fraction of sp³-hybridized carbons (Fsp3) is 0.0448. The van der Waals surface area contributed by atoms with E-state index in [9.17, 15) is 0 Å².